The molecule has 0 saturated heterocycles. The molecule has 0 saturated carbocycles. The quantitative estimate of drug-likeness (QED) is 0.800. The van der Waals surface area contributed by atoms with Crippen molar-refractivity contribution < 1.29 is 13.3 Å². The van der Waals surface area contributed by atoms with Crippen LogP contribution < -0.4 is 5.73 Å². The first kappa shape index (κ1) is 12.1. The third kappa shape index (κ3) is 3.00. The van der Waals surface area contributed by atoms with Crippen LogP contribution >= 0.6 is 0 Å². The van der Waals surface area contributed by atoms with Crippen LogP contribution in [0.1, 0.15) is 6.92 Å². The van der Waals surface area contributed by atoms with Gasteiger partial charge in [0, 0.05) is 12.0 Å². The highest BCUT2D eigenvalue weighted by Gasteiger charge is 2.14. The lowest BCUT2D eigenvalue weighted by Crippen LogP contribution is -2.17. The van der Waals surface area contributed by atoms with Gasteiger partial charge in [0.1, 0.15) is 5.82 Å². The molecule has 0 heterocycles. The first-order chi connectivity index (χ1) is 7.06. The average Bonchev–Trinajstić information content (AvgIpc) is 2.21. The Morgan fingerprint density at radius 3 is 2.80 bits per heavy atom. The summed E-state index contributed by atoms with van der Waals surface area (Å²) in [6, 6.07) is 4.19. The van der Waals surface area contributed by atoms with Crippen molar-refractivity contribution in [1.82, 2.24) is 0 Å². The summed E-state index contributed by atoms with van der Waals surface area (Å²) in [6.07, 6.45) is 0. The van der Waals surface area contributed by atoms with Crippen molar-refractivity contribution in [2.24, 2.45) is 0 Å². The largest absolute Gasteiger partial charge is 0.396 e. The Labute approximate surface area is 90.9 Å². The van der Waals surface area contributed by atoms with E-state index in [4.69, 9.17) is 10.5 Å². The maximum absolute atomic E-state index is 13.1. The van der Waals surface area contributed by atoms with Gasteiger partial charge in [-0.05, 0) is 25.1 Å². The summed E-state index contributed by atoms with van der Waals surface area (Å²) in [6.45, 7) is 2.16. The first-order valence-corrected chi connectivity index (χ1v) is 5.72. The summed E-state index contributed by atoms with van der Waals surface area (Å²) in [5.74, 6) is -0.537. The zero-order valence-electron chi connectivity index (χ0n) is 8.70. The number of methoxy groups -OCH3 is 1. The first-order valence-electron chi connectivity index (χ1n) is 4.50. The number of hydrogen-bond donors (Lipinski definition) is 1. The molecule has 3 nitrogen and oxygen atoms in total. The van der Waals surface area contributed by atoms with Crippen LogP contribution in [0.2, 0.25) is 0 Å². The van der Waals surface area contributed by atoms with Gasteiger partial charge < -0.3 is 10.5 Å². The molecule has 84 valence electrons. The van der Waals surface area contributed by atoms with E-state index in [9.17, 15) is 8.60 Å². The number of ether oxygens (including phenoxy) is 1. The lowest BCUT2D eigenvalue weighted by molar-refractivity contribution is 0.201. The molecule has 2 unspecified atom stereocenters. The minimum Gasteiger partial charge on any atom is -0.396 e. The second-order valence-electron chi connectivity index (χ2n) is 3.25. The Hall–Kier alpha value is -0.940. The van der Waals surface area contributed by atoms with E-state index in [1.165, 1.54) is 19.2 Å². The molecule has 0 radical (unpaired) electrons. The number of halogens is 1. The van der Waals surface area contributed by atoms with E-state index in [0.29, 0.717) is 11.5 Å². The van der Waals surface area contributed by atoms with Crippen molar-refractivity contribution in [1.29, 1.82) is 0 Å². The number of benzene rings is 1. The Morgan fingerprint density at radius 2 is 2.27 bits per heavy atom. The maximum Gasteiger partial charge on any atom is 0.147 e. The highest BCUT2D eigenvalue weighted by Crippen LogP contribution is 2.17. The van der Waals surface area contributed by atoms with E-state index in [1.54, 1.807) is 13.0 Å². The highest BCUT2D eigenvalue weighted by atomic mass is 32.2. The molecule has 0 aliphatic heterocycles. The van der Waals surface area contributed by atoms with Gasteiger partial charge in [-0.2, -0.15) is 0 Å². The zero-order valence-corrected chi connectivity index (χ0v) is 9.51. The van der Waals surface area contributed by atoms with Crippen LogP contribution in [-0.4, -0.2) is 23.2 Å². The summed E-state index contributed by atoms with van der Waals surface area (Å²) in [4.78, 5) is 0.436. The van der Waals surface area contributed by atoms with Crippen LogP contribution in [0.5, 0.6) is 0 Å². The lowest BCUT2D eigenvalue weighted by Gasteiger charge is -2.10. The van der Waals surface area contributed by atoms with E-state index in [1.807, 2.05) is 0 Å². The summed E-state index contributed by atoms with van der Waals surface area (Å²) >= 11 is 0. The van der Waals surface area contributed by atoms with Crippen LogP contribution in [-0.2, 0) is 15.5 Å². The molecule has 2 N–H and O–H groups in total. The highest BCUT2D eigenvalue weighted by molar-refractivity contribution is 7.85. The SMILES string of the molecule is COCC(C)S(=O)c1ccc(N)c(F)c1. The van der Waals surface area contributed by atoms with E-state index in [2.05, 4.69) is 0 Å². The molecule has 1 aromatic carbocycles. The normalized spacial score (nSPS) is 14.9. The monoisotopic (exact) mass is 231 g/mol. The van der Waals surface area contributed by atoms with E-state index < -0.39 is 16.6 Å². The standard InChI is InChI=1S/C10H14FNO2S/c1-7(6-14-2)15(13)8-3-4-10(12)9(11)5-8/h3-5,7H,6,12H2,1-2H3. The van der Waals surface area contributed by atoms with E-state index in [-0.39, 0.29) is 10.9 Å². The van der Waals surface area contributed by atoms with Gasteiger partial charge in [-0.15, -0.1) is 0 Å². The molecule has 0 bridgehead atoms. The number of nitrogens with two attached hydrogens (primary N) is 1. The molecule has 1 aromatic rings. The van der Waals surface area contributed by atoms with Gasteiger partial charge in [0.15, 0.2) is 0 Å². The third-order valence-corrected chi connectivity index (χ3v) is 3.56. The van der Waals surface area contributed by atoms with E-state index >= 15 is 0 Å². The summed E-state index contributed by atoms with van der Waals surface area (Å²) in [7, 11) is 0.272. The van der Waals surface area contributed by atoms with Gasteiger partial charge in [-0.1, -0.05) is 0 Å². The van der Waals surface area contributed by atoms with Crippen molar-refractivity contribution in [2.45, 2.75) is 17.1 Å². The molecule has 0 amide bonds. The van der Waals surface area contributed by atoms with Gasteiger partial charge in [-0.3, -0.25) is 4.21 Å². The Bertz CT molecular complexity index is 370. The second kappa shape index (κ2) is 5.23. The van der Waals surface area contributed by atoms with Crippen molar-refractivity contribution in [3.63, 3.8) is 0 Å². The molecule has 0 aliphatic rings. The van der Waals surface area contributed by atoms with Crippen LogP contribution in [0.15, 0.2) is 23.1 Å². The lowest BCUT2D eigenvalue weighted by atomic mass is 10.3. The minimum absolute atomic E-state index is 0.0649. The number of anilines is 1. The predicted molar refractivity (Wildman–Crippen MR) is 58.6 cm³/mol. The van der Waals surface area contributed by atoms with Gasteiger partial charge in [0.2, 0.25) is 0 Å². The smallest absolute Gasteiger partial charge is 0.147 e. The molecule has 5 heteroatoms. The molecular weight excluding hydrogens is 217 g/mol. The molecule has 0 aromatic heterocycles. The molecule has 1 rings (SSSR count). The van der Waals surface area contributed by atoms with Crippen LogP contribution in [0, 0.1) is 5.82 Å². The number of hydrogen-bond acceptors (Lipinski definition) is 3. The van der Waals surface area contributed by atoms with Crippen LogP contribution in [0.3, 0.4) is 0 Å². The molecule has 2 atom stereocenters. The maximum atomic E-state index is 13.1. The summed E-state index contributed by atoms with van der Waals surface area (Å²) in [5, 5.41) is -0.168. The molecule has 0 aliphatic carbocycles. The van der Waals surface area contributed by atoms with Gasteiger partial charge in [0.05, 0.1) is 28.3 Å². The van der Waals surface area contributed by atoms with Crippen molar-refractivity contribution in [3.8, 4) is 0 Å². The fourth-order valence-electron chi connectivity index (χ4n) is 1.16. The Kier molecular flexibility index (Phi) is 4.23. The van der Waals surface area contributed by atoms with Gasteiger partial charge in [0.25, 0.3) is 0 Å². The average molecular weight is 231 g/mol. The minimum atomic E-state index is -1.27. The van der Waals surface area contributed by atoms with E-state index in [0.717, 1.165) is 0 Å². The Balaban J connectivity index is 2.87. The van der Waals surface area contributed by atoms with Crippen molar-refractivity contribution in [2.75, 3.05) is 19.5 Å². The van der Waals surface area contributed by atoms with Crippen LogP contribution in [0.25, 0.3) is 0 Å². The Morgan fingerprint density at radius 1 is 1.60 bits per heavy atom. The van der Waals surface area contributed by atoms with Crippen molar-refractivity contribution >= 4 is 16.5 Å². The molecule has 15 heavy (non-hydrogen) atoms. The molecular formula is C10H14FNO2S. The molecule has 0 fully saturated rings. The fraction of sp³-hybridized carbons (Fsp3) is 0.400. The van der Waals surface area contributed by atoms with Crippen LogP contribution in [0.4, 0.5) is 10.1 Å². The topological polar surface area (TPSA) is 52.3 Å². The van der Waals surface area contributed by atoms with Gasteiger partial charge >= 0.3 is 0 Å². The predicted octanol–water partition coefficient (Wildman–Crippen LogP) is 1.55. The zero-order chi connectivity index (χ0) is 11.4. The number of nitrogen functional groups attached to an aromatic ring is 1. The fourth-order valence-corrected chi connectivity index (χ4v) is 2.31. The molecule has 0 spiro atoms. The second-order valence-corrected chi connectivity index (χ2v) is 5.12. The van der Waals surface area contributed by atoms with Crippen molar-refractivity contribution in [3.05, 3.63) is 24.0 Å². The summed E-state index contributed by atoms with van der Waals surface area (Å²) < 4.78 is 29.8. The van der Waals surface area contributed by atoms with Gasteiger partial charge in [-0.25, -0.2) is 4.39 Å². The number of rotatable bonds is 4. The third-order valence-electron chi connectivity index (χ3n) is 1.97. The summed E-state index contributed by atoms with van der Waals surface area (Å²) in [5.41, 5.74) is 5.39.